The highest BCUT2D eigenvalue weighted by Gasteiger charge is 2.30. The van der Waals surface area contributed by atoms with Gasteiger partial charge in [-0.15, -0.1) is 12.4 Å². The van der Waals surface area contributed by atoms with Gasteiger partial charge < -0.3 is 4.74 Å². The van der Waals surface area contributed by atoms with Gasteiger partial charge in [0.15, 0.2) is 0 Å². The summed E-state index contributed by atoms with van der Waals surface area (Å²) in [5.41, 5.74) is 2.91. The number of aryl methyl sites for hydroxylation is 1. The van der Waals surface area contributed by atoms with Crippen molar-refractivity contribution in [2.75, 3.05) is 7.11 Å². The number of pyridine rings is 1. The highest BCUT2D eigenvalue weighted by atomic mass is 35.5. The van der Waals surface area contributed by atoms with Crippen molar-refractivity contribution in [3.63, 3.8) is 0 Å². The minimum atomic E-state index is 0. The number of rotatable bonds is 4. The molecule has 1 aliphatic rings. The fraction of sp³-hybridized carbons (Fsp3) is 0.737. The van der Waals surface area contributed by atoms with Crippen molar-refractivity contribution >= 4 is 12.4 Å². The first-order valence-corrected chi connectivity index (χ1v) is 8.46. The summed E-state index contributed by atoms with van der Waals surface area (Å²) in [4.78, 5) is 4.44. The average Bonchev–Trinajstić information content (AvgIpc) is 2.46. The third kappa shape index (κ3) is 4.62. The average molecular weight is 326 g/mol. The number of halogens is 1. The molecule has 1 fully saturated rings. The van der Waals surface area contributed by atoms with Gasteiger partial charge in [-0.1, -0.05) is 27.7 Å². The molecule has 0 aromatic carbocycles. The predicted octanol–water partition coefficient (Wildman–Crippen LogP) is 5.47. The highest BCUT2D eigenvalue weighted by molar-refractivity contribution is 5.85. The summed E-state index contributed by atoms with van der Waals surface area (Å²) in [7, 11) is 1.77. The van der Waals surface area contributed by atoms with Crippen molar-refractivity contribution in [2.24, 2.45) is 17.3 Å². The molecule has 2 rings (SSSR count). The summed E-state index contributed by atoms with van der Waals surface area (Å²) in [6.07, 6.45) is 9.49. The van der Waals surface area contributed by atoms with Crippen LogP contribution in [0.4, 0.5) is 0 Å². The predicted molar refractivity (Wildman–Crippen MR) is 96.0 cm³/mol. The Hall–Kier alpha value is -0.760. The van der Waals surface area contributed by atoms with Gasteiger partial charge in [0.1, 0.15) is 5.75 Å². The topological polar surface area (TPSA) is 22.1 Å². The van der Waals surface area contributed by atoms with Crippen molar-refractivity contribution in [1.82, 2.24) is 4.98 Å². The highest BCUT2D eigenvalue weighted by Crippen LogP contribution is 2.41. The van der Waals surface area contributed by atoms with Crippen LogP contribution in [0.25, 0.3) is 0 Å². The quantitative estimate of drug-likeness (QED) is 0.732. The van der Waals surface area contributed by atoms with E-state index in [9.17, 15) is 0 Å². The van der Waals surface area contributed by atoms with Crippen LogP contribution in [0, 0.1) is 17.3 Å². The molecule has 0 saturated heterocycles. The van der Waals surface area contributed by atoms with Gasteiger partial charge in [0.2, 0.25) is 0 Å². The zero-order valence-corrected chi connectivity index (χ0v) is 15.6. The van der Waals surface area contributed by atoms with Gasteiger partial charge >= 0.3 is 0 Å². The molecule has 126 valence electrons. The zero-order chi connectivity index (χ0) is 15.5. The van der Waals surface area contributed by atoms with E-state index in [-0.39, 0.29) is 12.4 Å². The summed E-state index contributed by atoms with van der Waals surface area (Å²) in [5.74, 6) is 2.72. The zero-order valence-electron chi connectivity index (χ0n) is 14.8. The Bertz CT molecular complexity index is 459. The Morgan fingerprint density at radius 3 is 2.32 bits per heavy atom. The molecule has 3 heteroatoms. The SMILES string of the molecule is CCc1nccc(C[C@H]2CC[C@@H](C(C)(C)C)CC2)c1OC.Cl. The summed E-state index contributed by atoms with van der Waals surface area (Å²) >= 11 is 0. The first kappa shape index (κ1) is 19.3. The second-order valence-corrected chi connectivity index (χ2v) is 7.59. The lowest BCUT2D eigenvalue weighted by atomic mass is 9.69. The third-order valence-electron chi connectivity index (χ3n) is 5.18. The van der Waals surface area contributed by atoms with Crippen LogP contribution in [-0.4, -0.2) is 12.1 Å². The van der Waals surface area contributed by atoms with E-state index in [0.29, 0.717) is 5.41 Å². The number of hydrogen-bond donors (Lipinski definition) is 0. The van der Waals surface area contributed by atoms with Gasteiger partial charge in [-0.05, 0) is 67.4 Å². The monoisotopic (exact) mass is 325 g/mol. The molecule has 0 aliphatic heterocycles. The molecular weight excluding hydrogens is 294 g/mol. The van der Waals surface area contributed by atoms with Crippen LogP contribution in [0.2, 0.25) is 0 Å². The largest absolute Gasteiger partial charge is 0.495 e. The maximum Gasteiger partial charge on any atom is 0.143 e. The van der Waals surface area contributed by atoms with Crippen molar-refractivity contribution < 1.29 is 4.74 Å². The molecule has 0 N–H and O–H groups in total. The molecule has 0 bridgehead atoms. The molecule has 0 amide bonds. The second kappa shape index (κ2) is 8.19. The molecule has 22 heavy (non-hydrogen) atoms. The molecule has 1 heterocycles. The fourth-order valence-corrected chi connectivity index (χ4v) is 3.74. The fourth-order valence-electron chi connectivity index (χ4n) is 3.74. The van der Waals surface area contributed by atoms with Crippen LogP contribution >= 0.6 is 12.4 Å². The minimum Gasteiger partial charge on any atom is -0.495 e. The standard InChI is InChI=1S/C19H31NO.ClH/c1-6-17-18(21-5)15(11-12-20-17)13-14-7-9-16(10-8-14)19(2,3)4;/h11-12,14,16H,6-10,13H2,1-5H3;1H/t14-,16+;. The van der Waals surface area contributed by atoms with Crippen LogP contribution < -0.4 is 4.74 Å². The molecular formula is C19H32ClNO. The van der Waals surface area contributed by atoms with Gasteiger partial charge in [0.25, 0.3) is 0 Å². The van der Waals surface area contributed by atoms with Crippen molar-refractivity contribution in [2.45, 2.75) is 66.2 Å². The second-order valence-electron chi connectivity index (χ2n) is 7.59. The van der Waals surface area contributed by atoms with Crippen molar-refractivity contribution in [3.8, 4) is 5.75 Å². The van der Waals surface area contributed by atoms with E-state index in [4.69, 9.17) is 4.74 Å². The lowest BCUT2D eigenvalue weighted by Gasteiger charge is -2.37. The van der Waals surface area contributed by atoms with Gasteiger partial charge in [-0.25, -0.2) is 0 Å². The van der Waals surface area contributed by atoms with Crippen molar-refractivity contribution in [1.29, 1.82) is 0 Å². The minimum absolute atomic E-state index is 0. The van der Waals surface area contributed by atoms with Gasteiger partial charge in [0, 0.05) is 6.20 Å². The lowest BCUT2D eigenvalue weighted by Crippen LogP contribution is -2.26. The number of nitrogens with zero attached hydrogens (tertiary/aromatic N) is 1. The van der Waals surface area contributed by atoms with E-state index in [1.54, 1.807) is 7.11 Å². The Kier molecular flexibility index (Phi) is 7.18. The summed E-state index contributed by atoms with van der Waals surface area (Å²) in [5, 5.41) is 0. The third-order valence-corrected chi connectivity index (χ3v) is 5.18. The maximum atomic E-state index is 5.62. The molecule has 2 nitrogen and oxygen atoms in total. The Morgan fingerprint density at radius 2 is 1.82 bits per heavy atom. The molecule has 1 aromatic rings. The molecule has 0 unspecified atom stereocenters. The number of hydrogen-bond acceptors (Lipinski definition) is 2. The summed E-state index contributed by atoms with van der Waals surface area (Å²) in [6, 6.07) is 2.15. The van der Waals surface area contributed by atoms with Gasteiger partial charge in [-0.3, -0.25) is 4.98 Å². The smallest absolute Gasteiger partial charge is 0.143 e. The molecule has 0 radical (unpaired) electrons. The number of ether oxygens (including phenoxy) is 1. The first-order chi connectivity index (χ1) is 9.95. The molecule has 1 aliphatic carbocycles. The molecule has 1 aromatic heterocycles. The van der Waals surface area contributed by atoms with Gasteiger partial charge in [-0.2, -0.15) is 0 Å². The Labute approximate surface area is 142 Å². The summed E-state index contributed by atoms with van der Waals surface area (Å²) < 4.78 is 5.62. The van der Waals surface area contributed by atoms with Gasteiger partial charge in [0.05, 0.1) is 12.8 Å². The lowest BCUT2D eigenvalue weighted by molar-refractivity contribution is 0.149. The van der Waals surface area contributed by atoms with E-state index in [2.05, 4.69) is 38.7 Å². The van der Waals surface area contributed by atoms with Crippen LogP contribution in [0.15, 0.2) is 12.3 Å². The van der Waals surface area contributed by atoms with E-state index in [1.807, 2.05) is 6.20 Å². The summed E-state index contributed by atoms with van der Waals surface area (Å²) in [6.45, 7) is 9.30. The van der Waals surface area contributed by atoms with Crippen LogP contribution in [-0.2, 0) is 12.8 Å². The Morgan fingerprint density at radius 1 is 1.18 bits per heavy atom. The van der Waals surface area contributed by atoms with Crippen molar-refractivity contribution in [3.05, 3.63) is 23.5 Å². The van der Waals surface area contributed by atoms with E-state index in [0.717, 1.165) is 36.1 Å². The number of aromatic nitrogens is 1. The van der Waals surface area contributed by atoms with E-state index in [1.165, 1.54) is 31.2 Å². The molecule has 1 saturated carbocycles. The van der Waals surface area contributed by atoms with Crippen LogP contribution in [0.1, 0.15) is 64.6 Å². The maximum absolute atomic E-state index is 5.62. The van der Waals surface area contributed by atoms with Crippen LogP contribution in [0.5, 0.6) is 5.75 Å². The normalized spacial score (nSPS) is 22.0. The van der Waals surface area contributed by atoms with E-state index >= 15 is 0 Å². The number of methoxy groups -OCH3 is 1. The Balaban J connectivity index is 0.00000242. The van der Waals surface area contributed by atoms with E-state index < -0.39 is 0 Å². The van der Waals surface area contributed by atoms with Crippen LogP contribution in [0.3, 0.4) is 0 Å². The molecule has 0 atom stereocenters. The molecule has 0 spiro atoms. The first-order valence-electron chi connectivity index (χ1n) is 8.46.